The molecule has 0 saturated heterocycles. The highest BCUT2D eigenvalue weighted by Crippen LogP contribution is 2.17. The molecule has 2 aromatic carbocycles. The third-order valence-electron chi connectivity index (χ3n) is 5.02. The van der Waals surface area contributed by atoms with Gasteiger partial charge in [-0.05, 0) is 29.2 Å². The van der Waals surface area contributed by atoms with Gasteiger partial charge in [0.15, 0.2) is 0 Å². The molecule has 0 saturated carbocycles. The van der Waals surface area contributed by atoms with E-state index in [4.69, 9.17) is 5.73 Å². The summed E-state index contributed by atoms with van der Waals surface area (Å²) in [5.41, 5.74) is 7.93. The van der Waals surface area contributed by atoms with Gasteiger partial charge < -0.3 is 11.1 Å². The number of carbonyl (C=O) groups is 1. The van der Waals surface area contributed by atoms with Crippen molar-refractivity contribution in [3.63, 3.8) is 0 Å². The van der Waals surface area contributed by atoms with E-state index < -0.39 is 11.2 Å². The summed E-state index contributed by atoms with van der Waals surface area (Å²) in [5, 5.41) is 3.23. The molecule has 0 spiro atoms. The molecule has 160 valence electrons. The highest BCUT2D eigenvalue weighted by Gasteiger charge is 2.11. The summed E-state index contributed by atoms with van der Waals surface area (Å²) >= 11 is 0. The number of nitrogens with one attached hydrogen (secondary N) is 2. The van der Waals surface area contributed by atoms with Crippen LogP contribution in [0.15, 0.2) is 58.1 Å². The number of hydrogen-bond acceptors (Lipinski definition) is 4. The molecule has 3 aromatic rings. The predicted octanol–water partition coefficient (Wildman–Crippen LogP) is 2.44. The number of aromatic nitrogens is 2. The molecule has 1 unspecified atom stereocenters. The van der Waals surface area contributed by atoms with Gasteiger partial charge in [0.2, 0.25) is 5.91 Å². The Morgan fingerprint density at radius 1 is 1.07 bits per heavy atom. The van der Waals surface area contributed by atoms with E-state index in [1.807, 2.05) is 12.1 Å². The van der Waals surface area contributed by atoms with Crippen LogP contribution in [-0.2, 0) is 11.3 Å². The first-order valence-electron chi connectivity index (χ1n) is 9.71. The number of benzene rings is 2. The van der Waals surface area contributed by atoms with Crippen molar-refractivity contribution in [3.8, 4) is 0 Å². The van der Waals surface area contributed by atoms with Gasteiger partial charge in [-0.15, -0.1) is 12.4 Å². The number of hydrogen-bond donors (Lipinski definition) is 3. The van der Waals surface area contributed by atoms with Crippen molar-refractivity contribution in [2.45, 2.75) is 38.8 Å². The summed E-state index contributed by atoms with van der Waals surface area (Å²) in [4.78, 5) is 38.6. The minimum atomic E-state index is -0.525. The predicted molar refractivity (Wildman–Crippen MR) is 121 cm³/mol. The molecule has 0 aliphatic carbocycles. The van der Waals surface area contributed by atoms with Crippen LogP contribution in [0.3, 0.4) is 0 Å². The van der Waals surface area contributed by atoms with Crippen molar-refractivity contribution in [2.75, 3.05) is 6.54 Å². The number of nitrogens with zero attached hydrogens (tertiary/aromatic N) is 1. The SMILES string of the molecule is CC(C)c1ccc(C(N)CNC(=O)CCn2c(=O)[nH]c(=O)c3ccccc32)cc1.Cl. The first-order chi connectivity index (χ1) is 13.9. The van der Waals surface area contributed by atoms with Crippen LogP contribution in [0.1, 0.15) is 43.4 Å². The van der Waals surface area contributed by atoms with Crippen LogP contribution in [0.4, 0.5) is 0 Å². The normalized spacial score (nSPS) is 11.9. The highest BCUT2D eigenvalue weighted by molar-refractivity contribution is 5.85. The van der Waals surface area contributed by atoms with Gasteiger partial charge in [0, 0.05) is 25.6 Å². The van der Waals surface area contributed by atoms with Crippen LogP contribution < -0.4 is 22.3 Å². The molecule has 0 bridgehead atoms. The van der Waals surface area contributed by atoms with E-state index in [0.717, 1.165) is 5.56 Å². The molecule has 4 N–H and O–H groups in total. The van der Waals surface area contributed by atoms with E-state index in [-0.39, 0.29) is 37.3 Å². The Bertz CT molecular complexity index is 1120. The fraction of sp³-hybridized carbons (Fsp3) is 0.318. The summed E-state index contributed by atoms with van der Waals surface area (Å²) < 4.78 is 1.40. The zero-order chi connectivity index (χ0) is 21.0. The molecular formula is C22H27ClN4O3. The monoisotopic (exact) mass is 430 g/mol. The van der Waals surface area contributed by atoms with Gasteiger partial charge in [-0.1, -0.05) is 50.2 Å². The topological polar surface area (TPSA) is 110 Å². The maximum Gasteiger partial charge on any atom is 0.328 e. The van der Waals surface area contributed by atoms with E-state index in [0.29, 0.717) is 23.4 Å². The van der Waals surface area contributed by atoms with Crippen LogP contribution >= 0.6 is 12.4 Å². The second kappa shape index (κ2) is 10.2. The smallest absolute Gasteiger partial charge is 0.328 e. The molecule has 0 aliphatic heterocycles. The molecule has 0 aliphatic rings. The number of rotatable bonds is 7. The molecule has 1 heterocycles. The van der Waals surface area contributed by atoms with Gasteiger partial charge in [-0.3, -0.25) is 19.1 Å². The maximum atomic E-state index is 12.3. The lowest BCUT2D eigenvalue weighted by Crippen LogP contribution is -2.34. The average Bonchev–Trinajstić information content (AvgIpc) is 2.72. The molecule has 0 fully saturated rings. The summed E-state index contributed by atoms with van der Waals surface area (Å²) in [7, 11) is 0. The van der Waals surface area contributed by atoms with E-state index in [2.05, 4.69) is 36.3 Å². The zero-order valence-corrected chi connectivity index (χ0v) is 17.9. The Labute approximate surface area is 180 Å². The molecule has 7 nitrogen and oxygen atoms in total. The summed E-state index contributed by atoms with van der Waals surface area (Å²) in [5.74, 6) is 0.244. The van der Waals surface area contributed by atoms with Gasteiger partial charge in [-0.2, -0.15) is 0 Å². The summed E-state index contributed by atoms with van der Waals surface area (Å²) in [6, 6.07) is 14.6. The number of amides is 1. The Hall–Kier alpha value is -2.90. The van der Waals surface area contributed by atoms with Crippen molar-refractivity contribution >= 4 is 29.2 Å². The van der Waals surface area contributed by atoms with Gasteiger partial charge in [0.1, 0.15) is 0 Å². The van der Waals surface area contributed by atoms with Gasteiger partial charge >= 0.3 is 5.69 Å². The van der Waals surface area contributed by atoms with Crippen LogP contribution in [-0.4, -0.2) is 22.0 Å². The Balaban J connectivity index is 0.00000320. The number of para-hydroxylation sites is 1. The van der Waals surface area contributed by atoms with Crippen molar-refractivity contribution in [3.05, 3.63) is 80.5 Å². The Morgan fingerprint density at radius 2 is 1.70 bits per heavy atom. The van der Waals surface area contributed by atoms with Crippen LogP contribution in [0, 0.1) is 0 Å². The zero-order valence-electron chi connectivity index (χ0n) is 17.1. The lowest BCUT2D eigenvalue weighted by atomic mass is 9.99. The second-order valence-electron chi connectivity index (χ2n) is 7.41. The van der Waals surface area contributed by atoms with Crippen molar-refractivity contribution in [1.82, 2.24) is 14.9 Å². The first kappa shape index (κ1) is 23.4. The molecule has 1 atom stereocenters. The fourth-order valence-electron chi connectivity index (χ4n) is 3.24. The van der Waals surface area contributed by atoms with Crippen LogP contribution in [0.25, 0.3) is 10.9 Å². The van der Waals surface area contributed by atoms with Crippen molar-refractivity contribution in [1.29, 1.82) is 0 Å². The number of nitrogens with two attached hydrogens (primary N) is 1. The lowest BCUT2D eigenvalue weighted by Gasteiger charge is -2.15. The van der Waals surface area contributed by atoms with Gasteiger partial charge in [0.25, 0.3) is 5.56 Å². The van der Waals surface area contributed by atoms with Gasteiger partial charge in [-0.25, -0.2) is 4.79 Å². The van der Waals surface area contributed by atoms with Gasteiger partial charge in [0.05, 0.1) is 10.9 Å². The molecule has 1 aromatic heterocycles. The third-order valence-corrected chi connectivity index (χ3v) is 5.02. The fourth-order valence-corrected chi connectivity index (χ4v) is 3.24. The molecule has 3 rings (SSSR count). The number of carbonyl (C=O) groups excluding carboxylic acids is 1. The van der Waals surface area contributed by atoms with Crippen LogP contribution in [0.5, 0.6) is 0 Å². The number of H-pyrrole nitrogens is 1. The highest BCUT2D eigenvalue weighted by atomic mass is 35.5. The maximum absolute atomic E-state index is 12.3. The van der Waals surface area contributed by atoms with E-state index >= 15 is 0 Å². The van der Waals surface area contributed by atoms with E-state index in [9.17, 15) is 14.4 Å². The second-order valence-corrected chi connectivity index (χ2v) is 7.41. The average molecular weight is 431 g/mol. The molecule has 1 amide bonds. The quantitative estimate of drug-likeness (QED) is 0.534. The largest absolute Gasteiger partial charge is 0.354 e. The number of fused-ring (bicyclic) bond motifs is 1. The van der Waals surface area contributed by atoms with Crippen LogP contribution in [0.2, 0.25) is 0 Å². The molecule has 30 heavy (non-hydrogen) atoms. The standard InChI is InChI=1S/C22H26N4O3.ClH/c1-14(2)15-7-9-16(10-8-15)18(23)13-24-20(27)11-12-26-19-6-4-3-5-17(19)21(28)25-22(26)29;/h3-10,14,18H,11-13,23H2,1-2H3,(H,24,27)(H,25,28,29);1H. The third kappa shape index (κ3) is 5.37. The Morgan fingerprint density at radius 3 is 2.37 bits per heavy atom. The first-order valence-corrected chi connectivity index (χ1v) is 9.71. The lowest BCUT2D eigenvalue weighted by molar-refractivity contribution is -0.121. The summed E-state index contributed by atoms with van der Waals surface area (Å²) in [6.45, 7) is 4.74. The van der Waals surface area contributed by atoms with E-state index in [1.165, 1.54) is 10.1 Å². The van der Waals surface area contributed by atoms with Crippen molar-refractivity contribution < 1.29 is 4.79 Å². The molecule has 8 heteroatoms. The Kier molecular flexibility index (Phi) is 7.97. The minimum absolute atomic E-state index is 0. The van der Waals surface area contributed by atoms with E-state index in [1.54, 1.807) is 24.3 Å². The van der Waals surface area contributed by atoms with Crippen molar-refractivity contribution in [2.24, 2.45) is 5.73 Å². The number of halogens is 1. The molecule has 0 radical (unpaired) electrons. The molecular weight excluding hydrogens is 404 g/mol. The number of aryl methyl sites for hydroxylation is 1. The summed E-state index contributed by atoms with van der Waals surface area (Å²) in [6.07, 6.45) is 0.106. The minimum Gasteiger partial charge on any atom is -0.354 e. The number of aromatic amines is 1.